The third kappa shape index (κ3) is 5.64. The molecule has 0 aliphatic carbocycles. The number of aliphatic imine (C=N–C) groups is 1. The molecule has 8 heteroatoms. The van der Waals surface area contributed by atoms with Crippen molar-refractivity contribution < 1.29 is 14.3 Å². The Bertz CT molecular complexity index is 642. The molecule has 1 aromatic rings. The number of methoxy groups -OCH3 is 1. The van der Waals surface area contributed by atoms with E-state index >= 15 is 0 Å². The summed E-state index contributed by atoms with van der Waals surface area (Å²) in [6, 6.07) is 5.60. The number of hydrogen-bond donors (Lipinski definition) is 1. The molecule has 0 saturated carbocycles. The van der Waals surface area contributed by atoms with E-state index in [-0.39, 0.29) is 41.8 Å². The summed E-state index contributed by atoms with van der Waals surface area (Å²) in [5.41, 5.74) is 1.00. The predicted octanol–water partition coefficient (Wildman–Crippen LogP) is 3.17. The van der Waals surface area contributed by atoms with Gasteiger partial charge in [-0.25, -0.2) is 0 Å². The van der Waals surface area contributed by atoms with Crippen LogP contribution in [-0.2, 0) is 16.1 Å². The van der Waals surface area contributed by atoms with E-state index in [4.69, 9.17) is 21.1 Å². The molecule has 0 amide bonds. The number of nitrogens with zero attached hydrogens (tertiary/aromatic N) is 2. The molecule has 0 bridgehead atoms. The summed E-state index contributed by atoms with van der Waals surface area (Å²) in [7, 11) is 3.17. The van der Waals surface area contributed by atoms with Gasteiger partial charge in [0, 0.05) is 37.3 Å². The lowest BCUT2D eigenvalue weighted by atomic mass is 9.99. The molecule has 0 radical (unpaired) electrons. The second-order valence-corrected chi connectivity index (χ2v) is 6.53. The molecule has 2 atom stereocenters. The van der Waals surface area contributed by atoms with Gasteiger partial charge >= 0.3 is 5.97 Å². The smallest absolute Gasteiger partial charge is 0.310 e. The molecule has 1 aliphatic rings. The van der Waals surface area contributed by atoms with Crippen molar-refractivity contribution in [2.75, 3.05) is 33.9 Å². The summed E-state index contributed by atoms with van der Waals surface area (Å²) in [5, 5.41) is 3.99. The monoisotopic (exact) mass is 495 g/mol. The molecule has 0 spiro atoms. The second-order valence-electron chi connectivity index (χ2n) is 6.10. The Morgan fingerprint density at radius 1 is 1.42 bits per heavy atom. The number of ether oxygens (including phenoxy) is 2. The van der Waals surface area contributed by atoms with Gasteiger partial charge in [-0.1, -0.05) is 24.6 Å². The van der Waals surface area contributed by atoms with Crippen molar-refractivity contribution in [1.82, 2.24) is 10.2 Å². The first-order valence-electron chi connectivity index (χ1n) is 8.44. The summed E-state index contributed by atoms with van der Waals surface area (Å²) in [6.07, 6.45) is 0. The number of carbonyl (C=O) groups excluding carboxylic acids is 1. The molecule has 1 heterocycles. The Morgan fingerprint density at radius 2 is 2.15 bits per heavy atom. The normalized spacial score (nSPS) is 19.7. The van der Waals surface area contributed by atoms with Crippen molar-refractivity contribution >= 4 is 47.5 Å². The number of hydrogen-bond acceptors (Lipinski definition) is 4. The van der Waals surface area contributed by atoms with Crippen molar-refractivity contribution in [1.29, 1.82) is 0 Å². The number of benzene rings is 1. The van der Waals surface area contributed by atoms with Crippen molar-refractivity contribution in [2.24, 2.45) is 16.8 Å². The first-order valence-corrected chi connectivity index (χ1v) is 8.82. The number of halogens is 2. The van der Waals surface area contributed by atoms with Crippen molar-refractivity contribution in [3.63, 3.8) is 0 Å². The number of guanidine groups is 1. The second kappa shape index (κ2) is 10.8. The summed E-state index contributed by atoms with van der Waals surface area (Å²) < 4.78 is 10.5. The molecule has 1 aliphatic heterocycles. The van der Waals surface area contributed by atoms with Crippen LogP contribution in [0.15, 0.2) is 23.2 Å². The van der Waals surface area contributed by atoms with Crippen LogP contribution >= 0.6 is 35.6 Å². The van der Waals surface area contributed by atoms with Crippen LogP contribution < -0.4 is 10.1 Å². The highest BCUT2D eigenvalue weighted by molar-refractivity contribution is 14.0. The van der Waals surface area contributed by atoms with Gasteiger partial charge in [0.1, 0.15) is 5.75 Å². The highest BCUT2D eigenvalue weighted by Crippen LogP contribution is 2.25. The SMILES string of the molecule is CCOc1cc(Cl)ccc1CNC(=NC)N1CC(C)C(C(=O)OC)C1.I. The molecule has 6 nitrogen and oxygen atoms in total. The summed E-state index contributed by atoms with van der Waals surface area (Å²) in [6.45, 7) is 6.50. The van der Waals surface area contributed by atoms with E-state index in [0.717, 1.165) is 23.8 Å². The molecular weight excluding hydrogens is 469 g/mol. The van der Waals surface area contributed by atoms with E-state index in [2.05, 4.69) is 22.1 Å². The Labute approximate surface area is 177 Å². The van der Waals surface area contributed by atoms with Crippen LogP contribution in [0, 0.1) is 11.8 Å². The minimum atomic E-state index is -0.165. The summed E-state index contributed by atoms with van der Waals surface area (Å²) >= 11 is 6.05. The number of esters is 1. The molecular formula is C18H27ClIN3O3. The first-order chi connectivity index (χ1) is 12.0. The van der Waals surface area contributed by atoms with Crippen molar-refractivity contribution in [2.45, 2.75) is 20.4 Å². The van der Waals surface area contributed by atoms with Crippen LogP contribution in [0.2, 0.25) is 5.02 Å². The fraction of sp³-hybridized carbons (Fsp3) is 0.556. The van der Waals surface area contributed by atoms with Gasteiger partial charge in [0.25, 0.3) is 0 Å². The van der Waals surface area contributed by atoms with Crippen LogP contribution in [0.3, 0.4) is 0 Å². The van der Waals surface area contributed by atoms with E-state index in [1.54, 1.807) is 7.05 Å². The lowest BCUT2D eigenvalue weighted by Crippen LogP contribution is -2.40. The maximum Gasteiger partial charge on any atom is 0.310 e. The number of likely N-dealkylation sites (tertiary alicyclic amines) is 1. The van der Waals surface area contributed by atoms with Gasteiger partial charge in [0.15, 0.2) is 5.96 Å². The van der Waals surface area contributed by atoms with Crippen LogP contribution in [0.4, 0.5) is 0 Å². The molecule has 0 aromatic heterocycles. The minimum absolute atomic E-state index is 0. The van der Waals surface area contributed by atoms with E-state index < -0.39 is 0 Å². The Hall–Kier alpha value is -1.22. The van der Waals surface area contributed by atoms with Crippen LogP contribution in [0.1, 0.15) is 19.4 Å². The minimum Gasteiger partial charge on any atom is -0.493 e. The van der Waals surface area contributed by atoms with Gasteiger partial charge in [0.2, 0.25) is 0 Å². The average Bonchev–Trinajstić information content (AvgIpc) is 2.98. The van der Waals surface area contributed by atoms with Gasteiger partial charge in [-0.2, -0.15) is 0 Å². The standard InChI is InChI=1S/C18H26ClN3O3.HI/c1-5-25-16-8-14(19)7-6-13(16)9-21-18(20-3)22-10-12(2)15(11-22)17(23)24-4;/h6-8,12,15H,5,9-11H2,1-4H3,(H,20,21);1H. The number of rotatable bonds is 5. The molecule has 2 unspecified atom stereocenters. The molecule has 26 heavy (non-hydrogen) atoms. The molecule has 2 rings (SSSR count). The van der Waals surface area contributed by atoms with Crippen LogP contribution in [-0.4, -0.2) is 50.7 Å². The number of carbonyl (C=O) groups is 1. The zero-order valence-corrected chi connectivity index (χ0v) is 18.7. The van der Waals surface area contributed by atoms with Gasteiger partial charge in [0.05, 0.1) is 19.6 Å². The topological polar surface area (TPSA) is 63.2 Å². The van der Waals surface area contributed by atoms with E-state index in [1.165, 1.54) is 7.11 Å². The Kier molecular flexibility index (Phi) is 9.49. The highest BCUT2D eigenvalue weighted by atomic mass is 127. The highest BCUT2D eigenvalue weighted by Gasteiger charge is 2.36. The maximum absolute atomic E-state index is 11.9. The number of nitrogens with one attached hydrogen (secondary N) is 1. The van der Waals surface area contributed by atoms with Gasteiger partial charge < -0.3 is 19.7 Å². The maximum atomic E-state index is 11.9. The molecule has 1 fully saturated rings. The van der Waals surface area contributed by atoms with Crippen LogP contribution in [0.25, 0.3) is 0 Å². The van der Waals surface area contributed by atoms with E-state index in [1.807, 2.05) is 25.1 Å². The fourth-order valence-corrected chi connectivity index (χ4v) is 3.23. The zero-order chi connectivity index (χ0) is 18.4. The zero-order valence-electron chi connectivity index (χ0n) is 15.6. The van der Waals surface area contributed by atoms with Gasteiger partial charge in [-0.3, -0.25) is 9.79 Å². The van der Waals surface area contributed by atoms with E-state index in [0.29, 0.717) is 24.7 Å². The Morgan fingerprint density at radius 3 is 2.77 bits per heavy atom. The van der Waals surface area contributed by atoms with Crippen molar-refractivity contribution in [3.05, 3.63) is 28.8 Å². The van der Waals surface area contributed by atoms with Gasteiger partial charge in [-0.15, -0.1) is 24.0 Å². The van der Waals surface area contributed by atoms with Crippen LogP contribution in [0.5, 0.6) is 5.75 Å². The fourth-order valence-electron chi connectivity index (χ4n) is 3.07. The lowest BCUT2D eigenvalue weighted by Gasteiger charge is -2.22. The average molecular weight is 496 g/mol. The quantitative estimate of drug-likeness (QED) is 0.294. The predicted molar refractivity (Wildman–Crippen MR) is 114 cm³/mol. The molecule has 146 valence electrons. The molecule has 1 aromatic carbocycles. The summed E-state index contributed by atoms with van der Waals surface area (Å²) in [4.78, 5) is 18.3. The Balaban J connectivity index is 0.00000338. The molecule has 1 saturated heterocycles. The van der Waals surface area contributed by atoms with Crippen molar-refractivity contribution in [3.8, 4) is 5.75 Å². The third-order valence-electron chi connectivity index (χ3n) is 4.39. The van der Waals surface area contributed by atoms with E-state index in [9.17, 15) is 4.79 Å². The van der Waals surface area contributed by atoms with Gasteiger partial charge in [-0.05, 0) is 25.0 Å². The third-order valence-corrected chi connectivity index (χ3v) is 4.63. The molecule has 1 N–H and O–H groups in total. The lowest BCUT2D eigenvalue weighted by molar-refractivity contribution is -0.145. The largest absolute Gasteiger partial charge is 0.493 e. The first kappa shape index (κ1) is 22.8. The summed E-state index contributed by atoms with van der Waals surface area (Å²) in [5.74, 6) is 1.45.